The highest BCUT2D eigenvalue weighted by Crippen LogP contribution is 2.30. The lowest BCUT2D eigenvalue weighted by molar-refractivity contribution is 0.313. The molecule has 1 saturated heterocycles. The van der Waals surface area contributed by atoms with Crippen LogP contribution in [-0.4, -0.2) is 25.0 Å². The second-order valence-corrected chi connectivity index (χ2v) is 4.88. The van der Waals surface area contributed by atoms with Crippen LogP contribution < -0.4 is 0 Å². The SMILES string of the molecule is CN1CCC(=C(Br)c2ccccc2)CC1. The van der Waals surface area contributed by atoms with Crippen molar-refractivity contribution in [2.24, 2.45) is 0 Å². The number of piperidine rings is 1. The highest BCUT2D eigenvalue weighted by Gasteiger charge is 2.13. The van der Waals surface area contributed by atoms with E-state index in [1.165, 1.54) is 36.0 Å². The Morgan fingerprint density at radius 1 is 1.13 bits per heavy atom. The van der Waals surface area contributed by atoms with Crippen molar-refractivity contribution in [3.05, 3.63) is 41.5 Å². The van der Waals surface area contributed by atoms with Crippen molar-refractivity contribution >= 4 is 20.4 Å². The molecule has 15 heavy (non-hydrogen) atoms. The molecule has 0 aromatic heterocycles. The molecule has 0 N–H and O–H groups in total. The Balaban J connectivity index is 2.19. The van der Waals surface area contributed by atoms with Gasteiger partial charge in [-0.3, -0.25) is 0 Å². The third kappa shape index (κ3) is 2.70. The lowest BCUT2D eigenvalue weighted by atomic mass is 10.0. The fraction of sp³-hybridized carbons (Fsp3) is 0.385. The van der Waals surface area contributed by atoms with Crippen molar-refractivity contribution in [1.82, 2.24) is 4.90 Å². The minimum Gasteiger partial charge on any atom is -0.306 e. The van der Waals surface area contributed by atoms with E-state index in [-0.39, 0.29) is 0 Å². The summed E-state index contributed by atoms with van der Waals surface area (Å²) in [5.74, 6) is 0. The second kappa shape index (κ2) is 4.95. The van der Waals surface area contributed by atoms with Crippen LogP contribution in [-0.2, 0) is 0 Å². The van der Waals surface area contributed by atoms with Crippen molar-refractivity contribution in [3.8, 4) is 0 Å². The molecule has 2 rings (SSSR count). The lowest BCUT2D eigenvalue weighted by Gasteiger charge is -2.25. The highest BCUT2D eigenvalue weighted by molar-refractivity contribution is 9.15. The molecular formula is C13H16BrN. The molecule has 0 aliphatic carbocycles. The van der Waals surface area contributed by atoms with Crippen LogP contribution in [0.3, 0.4) is 0 Å². The standard InChI is InChI=1S/C13H16BrN/c1-15-9-7-12(8-10-15)13(14)11-5-3-2-4-6-11/h2-6H,7-10H2,1H3. The number of halogens is 1. The van der Waals surface area contributed by atoms with Crippen molar-refractivity contribution in [2.75, 3.05) is 20.1 Å². The number of likely N-dealkylation sites (tertiary alicyclic amines) is 1. The van der Waals surface area contributed by atoms with E-state index in [4.69, 9.17) is 0 Å². The molecule has 0 radical (unpaired) electrons. The summed E-state index contributed by atoms with van der Waals surface area (Å²) in [7, 11) is 2.19. The second-order valence-electron chi connectivity index (χ2n) is 4.09. The predicted molar refractivity (Wildman–Crippen MR) is 69.0 cm³/mol. The Kier molecular flexibility index (Phi) is 3.60. The van der Waals surface area contributed by atoms with Crippen molar-refractivity contribution < 1.29 is 0 Å². The number of benzene rings is 1. The number of nitrogens with zero attached hydrogens (tertiary/aromatic N) is 1. The lowest BCUT2D eigenvalue weighted by Crippen LogP contribution is -2.26. The van der Waals surface area contributed by atoms with Gasteiger partial charge in [0.05, 0.1) is 0 Å². The van der Waals surface area contributed by atoms with Gasteiger partial charge < -0.3 is 4.90 Å². The molecule has 2 heteroatoms. The van der Waals surface area contributed by atoms with E-state index in [1.807, 2.05) is 0 Å². The first kappa shape index (κ1) is 10.9. The molecule has 0 spiro atoms. The molecule has 1 aromatic carbocycles. The van der Waals surface area contributed by atoms with Gasteiger partial charge in [-0.2, -0.15) is 0 Å². The Morgan fingerprint density at radius 3 is 2.33 bits per heavy atom. The summed E-state index contributed by atoms with van der Waals surface area (Å²) in [5, 5.41) is 0. The van der Waals surface area contributed by atoms with E-state index < -0.39 is 0 Å². The van der Waals surface area contributed by atoms with E-state index in [0.717, 1.165) is 0 Å². The average Bonchev–Trinajstić information content (AvgIpc) is 2.30. The summed E-state index contributed by atoms with van der Waals surface area (Å²) in [5.41, 5.74) is 2.86. The molecular weight excluding hydrogens is 250 g/mol. The van der Waals surface area contributed by atoms with Gasteiger partial charge in [-0.25, -0.2) is 0 Å². The predicted octanol–water partition coefficient (Wildman–Crippen LogP) is 3.52. The van der Waals surface area contributed by atoms with Gasteiger partial charge in [-0.05, 0) is 25.5 Å². The van der Waals surface area contributed by atoms with Gasteiger partial charge in [0.25, 0.3) is 0 Å². The quantitative estimate of drug-likeness (QED) is 0.751. The van der Waals surface area contributed by atoms with Gasteiger partial charge >= 0.3 is 0 Å². The number of hydrogen-bond acceptors (Lipinski definition) is 1. The zero-order chi connectivity index (χ0) is 10.7. The van der Waals surface area contributed by atoms with Crippen LogP contribution in [0.4, 0.5) is 0 Å². The van der Waals surface area contributed by atoms with E-state index >= 15 is 0 Å². The van der Waals surface area contributed by atoms with Gasteiger partial charge in [0.1, 0.15) is 0 Å². The molecule has 0 unspecified atom stereocenters. The Hall–Kier alpha value is -0.600. The average molecular weight is 266 g/mol. The van der Waals surface area contributed by atoms with Crippen LogP contribution in [0.1, 0.15) is 18.4 Å². The first-order chi connectivity index (χ1) is 7.27. The molecule has 1 aromatic rings. The molecule has 80 valence electrons. The van der Waals surface area contributed by atoms with E-state index in [9.17, 15) is 0 Å². The van der Waals surface area contributed by atoms with Gasteiger partial charge in [-0.1, -0.05) is 51.8 Å². The summed E-state index contributed by atoms with van der Waals surface area (Å²) in [6.45, 7) is 2.36. The number of rotatable bonds is 1. The normalized spacial score (nSPS) is 17.9. The van der Waals surface area contributed by atoms with Crippen molar-refractivity contribution in [1.29, 1.82) is 0 Å². The van der Waals surface area contributed by atoms with Crippen LogP contribution in [0.2, 0.25) is 0 Å². The summed E-state index contributed by atoms with van der Waals surface area (Å²) >= 11 is 3.73. The van der Waals surface area contributed by atoms with Crippen molar-refractivity contribution in [2.45, 2.75) is 12.8 Å². The minimum absolute atomic E-state index is 1.18. The molecule has 1 aliphatic rings. The van der Waals surface area contributed by atoms with Crippen LogP contribution in [0.5, 0.6) is 0 Å². The summed E-state index contributed by atoms with van der Waals surface area (Å²) in [4.78, 5) is 2.38. The fourth-order valence-electron chi connectivity index (χ4n) is 1.90. The maximum absolute atomic E-state index is 3.73. The van der Waals surface area contributed by atoms with Gasteiger partial charge in [0.15, 0.2) is 0 Å². The largest absolute Gasteiger partial charge is 0.306 e. The molecule has 0 atom stereocenters. The van der Waals surface area contributed by atoms with Crippen LogP contribution in [0.25, 0.3) is 4.48 Å². The highest BCUT2D eigenvalue weighted by atomic mass is 79.9. The van der Waals surface area contributed by atoms with Crippen molar-refractivity contribution in [3.63, 3.8) is 0 Å². The fourth-order valence-corrected chi connectivity index (χ4v) is 2.56. The Labute approximate surface area is 99.9 Å². The van der Waals surface area contributed by atoms with Crippen LogP contribution >= 0.6 is 15.9 Å². The molecule has 1 heterocycles. The van der Waals surface area contributed by atoms with Crippen LogP contribution in [0.15, 0.2) is 35.9 Å². The van der Waals surface area contributed by atoms with E-state index in [1.54, 1.807) is 5.57 Å². The molecule has 0 bridgehead atoms. The molecule has 1 nitrogen and oxygen atoms in total. The monoisotopic (exact) mass is 265 g/mol. The Morgan fingerprint density at radius 2 is 1.73 bits per heavy atom. The van der Waals surface area contributed by atoms with Crippen LogP contribution in [0, 0.1) is 0 Å². The van der Waals surface area contributed by atoms with Gasteiger partial charge in [0.2, 0.25) is 0 Å². The number of hydrogen-bond donors (Lipinski definition) is 0. The summed E-state index contributed by atoms with van der Waals surface area (Å²) in [6.07, 6.45) is 2.37. The van der Waals surface area contributed by atoms with Gasteiger partial charge in [-0.15, -0.1) is 0 Å². The topological polar surface area (TPSA) is 3.24 Å². The molecule has 0 amide bonds. The molecule has 0 saturated carbocycles. The first-order valence-corrected chi connectivity index (χ1v) is 6.18. The minimum atomic E-state index is 1.18. The summed E-state index contributed by atoms with van der Waals surface area (Å²) < 4.78 is 1.30. The van der Waals surface area contributed by atoms with Gasteiger partial charge in [0, 0.05) is 17.6 Å². The Bertz CT molecular complexity index is 346. The zero-order valence-corrected chi connectivity index (χ0v) is 10.6. The maximum atomic E-state index is 3.73. The third-order valence-corrected chi connectivity index (χ3v) is 3.95. The van der Waals surface area contributed by atoms with E-state index in [2.05, 4.69) is 58.2 Å². The summed E-state index contributed by atoms with van der Waals surface area (Å²) in [6, 6.07) is 10.6. The third-order valence-electron chi connectivity index (χ3n) is 2.93. The molecule has 1 fully saturated rings. The maximum Gasteiger partial charge on any atom is 0.0240 e. The zero-order valence-electron chi connectivity index (χ0n) is 9.04. The van der Waals surface area contributed by atoms with E-state index in [0.29, 0.717) is 0 Å². The smallest absolute Gasteiger partial charge is 0.0240 e. The first-order valence-electron chi connectivity index (χ1n) is 5.39. The molecule has 1 aliphatic heterocycles.